The van der Waals surface area contributed by atoms with Gasteiger partial charge in [0, 0.05) is 25.2 Å². The average molecular weight is 463 g/mol. The first kappa shape index (κ1) is 25.0. The molecule has 0 aromatic heterocycles. The largest absolute Gasteiger partial charge is 0.462 e. The van der Waals surface area contributed by atoms with Crippen molar-refractivity contribution in [2.45, 2.75) is 118 Å². The SMILES string of the molecule is CCCC(OC(C)=O)C1CC(OC(C)=O)[C@@]2(C)CC[C@@H]3[C@@H](CCC4CC(O)CC(C)[C@@]43C)[C@H]12. The summed E-state index contributed by atoms with van der Waals surface area (Å²) in [6.45, 7) is 12.4. The van der Waals surface area contributed by atoms with Crippen molar-refractivity contribution in [2.75, 3.05) is 0 Å². The average Bonchev–Trinajstić information content (AvgIpc) is 3.00. The summed E-state index contributed by atoms with van der Waals surface area (Å²) in [4.78, 5) is 24.1. The molecule has 0 aliphatic heterocycles. The Morgan fingerprint density at radius 3 is 2.42 bits per heavy atom. The van der Waals surface area contributed by atoms with E-state index in [4.69, 9.17) is 9.47 Å². The lowest BCUT2D eigenvalue weighted by atomic mass is 9.42. The van der Waals surface area contributed by atoms with Crippen LogP contribution >= 0.6 is 0 Å². The summed E-state index contributed by atoms with van der Waals surface area (Å²) in [7, 11) is 0. The molecule has 4 aliphatic carbocycles. The zero-order valence-electron chi connectivity index (χ0n) is 21.6. The quantitative estimate of drug-likeness (QED) is 0.544. The fraction of sp³-hybridized carbons (Fsp3) is 0.929. The Labute approximate surface area is 200 Å². The molecule has 0 bridgehead atoms. The van der Waals surface area contributed by atoms with Gasteiger partial charge in [0.2, 0.25) is 0 Å². The number of hydrogen-bond donors (Lipinski definition) is 1. The summed E-state index contributed by atoms with van der Waals surface area (Å²) >= 11 is 0. The molecular formula is C28H46O5. The van der Waals surface area contributed by atoms with Crippen molar-refractivity contribution in [3.05, 3.63) is 0 Å². The summed E-state index contributed by atoms with van der Waals surface area (Å²) in [5.74, 6) is 2.50. The summed E-state index contributed by atoms with van der Waals surface area (Å²) < 4.78 is 11.9. The lowest BCUT2D eigenvalue weighted by Crippen LogP contribution is -2.58. The van der Waals surface area contributed by atoms with E-state index in [1.54, 1.807) is 0 Å². The minimum Gasteiger partial charge on any atom is -0.462 e. The van der Waals surface area contributed by atoms with E-state index in [1.165, 1.54) is 33.1 Å². The third-order valence-electron chi connectivity index (χ3n) is 10.9. The van der Waals surface area contributed by atoms with Gasteiger partial charge in [-0.3, -0.25) is 9.59 Å². The maximum absolute atomic E-state index is 12.1. The monoisotopic (exact) mass is 462 g/mol. The highest BCUT2D eigenvalue weighted by Crippen LogP contribution is 2.69. The molecule has 1 N–H and O–H groups in total. The molecule has 0 heterocycles. The number of rotatable bonds is 5. The molecule has 5 heteroatoms. The molecule has 0 spiro atoms. The van der Waals surface area contributed by atoms with Crippen molar-refractivity contribution in [3.63, 3.8) is 0 Å². The van der Waals surface area contributed by atoms with Crippen LogP contribution in [-0.2, 0) is 19.1 Å². The number of aliphatic hydroxyl groups is 1. The highest BCUT2D eigenvalue weighted by Gasteiger charge is 2.65. The molecule has 4 saturated carbocycles. The van der Waals surface area contributed by atoms with E-state index >= 15 is 0 Å². The predicted molar refractivity (Wildman–Crippen MR) is 127 cm³/mol. The first-order chi connectivity index (χ1) is 15.5. The van der Waals surface area contributed by atoms with E-state index in [9.17, 15) is 14.7 Å². The lowest BCUT2D eigenvalue weighted by molar-refractivity contribution is -0.177. The van der Waals surface area contributed by atoms with Gasteiger partial charge in [-0.25, -0.2) is 0 Å². The molecule has 5 nitrogen and oxygen atoms in total. The molecular weight excluding hydrogens is 416 g/mol. The molecule has 0 aromatic rings. The minimum absolute atomic E-state index is 0.0652. The Hall–Kier alpha value is -1.10. The van der Waals surface area contributed by atoms with Gasteiger partial charge >= 0.3 is 11.9 Å². The lowest BCUT2D eigenvalue weighted by Gasteiger charge is -2.63. The molecule has 0 amide bonds. The van der Waals surface area contributed by atoms with Crippen molar-refractivity contribution >= 4 is 11.9 Å². The minimum atomic E-state index is -0.205. The van der Waals surface area contributed by atoms with Gasteiger partial charge < -0.3 is 14.6 Å². The Bertz CT molecular complexity index is 751. The molecule has 6 unspecified atom stereocenters. The topological polar surface area (TPSA) is 72.8 Å². The second-order valence-electron chi connectivity index (χ2n) is 12.4. The normalized spacial score (nSPS) is 47.6. The summed E-state index contributed by atoms with van der Waals surface area (Å²) in [6.07, 6.45) is 8.69. The van der Waals surface area contributed by atoms with Crippen LogP contribution in [0, 0.1) is 46.3 Å². The second-order valence-corrected chi connectivity index (χ2v) is 12.4. The van der Waals surface area contributed by atoms with Gasteiger partial charge in [-0.05, 0) is 86.4 Å². The Morgan fingerprint density at radius 1 is 1.06 bits per heavy atom. The van der Waals surface area contributed by atoms with E-state index in [0.29, 0.717) is 29.6 Å². The van der Waals surface area contributed by atoms with Gasteiger partial charge in [0.1, 0.15) is 12.2 Å². The van der Waals surface area contributed by atoms with Crippen LogP contribution in [0.4, 0.5) is 0 Å². The number of carbonyl (C=O) groups is 2. The van der Waals surface area contributed by atoms with E-state index in [-0.39, 0.29) is 47.0 Å². The van der Waals surface area contributed by atoms with Crippen LogP contribution < -0.4 is 0 Å². The molecule has 0 radical (unpaired) electrons. The molecule has 4 rings (SSSR count). The summed E-state index contributed by atoms with van der Waals surface area (Å²) in [5.41, 5.74) is 0.180. The maximum Gasteiger partial charge on any atom is 0.302 e. The van der Waals surface area contributed by atoms with Crippen molar-refractivity contribution in [1.29, 1.82) is 0 Å². The number of ether oxygens (including phenoxy) is 2. The number of hydrogen-bond acceptors (Lipinski definition) is 5. The first-order valence-electron chi connectivity index (χ1n) is 13.5. The summed E-state index contributed by atoms with van der Waals surface area (Å²) in [6, 6.07) is 0. The van der Waals surface area contributed by atoms with Gasteiger partial charge in [0.05, 0.1) is 6.10 Å². The fourth-order valence-electron chi connectivity index (χ4n) is 9.44. The maximum atomic E-state index is 12.1. The number of aliphatic hydroxyl groups excluding tert-OH is 1. The molecule has 188 valence electrons. The van der Waals surface area contributed by atoms with Crippen LogP contribution in [0.5, 0.6) is 0 Å². The van der Waals surface area contributed by atoms with Crippen LogP contribution in [0.3, 0.4) is 0 Å². The number of esters is 2. The van der Waals surface area contributed by atoms with E-state index in [0.717, 1.165) is 38.5 Å². The molecule has 0 saturated heterocycles. The van der Waals surface area contributed by atoms with E-state index < -0.39 is 0 Å². The Balaban J connectivity index is 1.71. The molecule has 4 aliphatic rings. The number of carbonyl (C=O) groups excluding carboxylic acids is 2. The first-order valence-corrected chi connectivity index (χ1v) is 13.5. The third kappa shape index (κ3) is 4.15. The molecule has 4 fully saturated rings. The van der Waals surface area contributed by atoms with Crippen LogP contribution in [0.25, 0.3) is 0 Å². The zero-order valence-corrected chi connectivity index (χ0v) is 21.6. The van der Waals surface area contributed by atoms with Crippen molar-refractivity contribution in [3.8, 4) is 0 Å². The van der Waals surface area contributed by atoms with Gasteiger partial charge in [0.15, 0.2) is 0 Å². The molecule has 0 aromatic carbocycles. The van der Waals surface area contributed by atoms with Crippen molar-refractivity contribution in [2.24, 2.45) is 46.3 Å². The highest BCUT2D eigenvalue weighted by atomic mass is 16.6. The third-order valence-corrected chi connectivity index (χ3v) is 10.9. The van der Waals surface area contributed by atoms with Crippen molar-refractivity contribution in [1.82, 2.24) is 0 Å². The highest BCUT2D eigenvalue weighted by molar-refractivity contribution is 5.66. The number of fused-ring (bicyclic) bond motifs is 5. The van der Waals surface area contributed by atoms with Gasteiger partial charge in [0.25, 0.3) is 0 Å². The predicted octanol–water partition coefficient (Wildman–Crippen LogP) is 5.53. The Kier molecular flexibility index (Phi) is 6.95. The van der Waals surface area contributed by atoms with Crippen LogP contribution in [0.2, 0.25) is 0 Å². The summed E-state index contributed by atoms with van der Waals surface area (Å²) in [5, 5.41) is 10.5. The zero-order chi connectivity index (χ0) is 24.1. The van der Waals surface area contributed by atoms with Crippen LogP contribution in [-0.4, -0.2) is 35.4 Å². The van der Waals surface area contributed by atoms with E-state index in [1.807, 2.05) is 0 Å². The fourth-order valence-corrected chi connectivity index (χ4v) is 9.44. The smallest absolute Gasteiger partial charge is 0.302 e. The van der Waals surface area contributed by atoms with E-state index in [2.05, 4.69) is 27.7 Å². The van der Waals surface area contributed by atoms with Crippen molar-refractivity contribution < 1.29 is 24.2 Å². The Morgan fingerprint density at radius 2 is 1.79 bits per heavy atom. The molecule has 33 heavy (non-hydrogen) atoms. The standard InChI is InChI=1S/C28H46O5/c1-7-8-24(32-17(3)29)22-15-25(33-18(4)30)27(5)12-11-23-21(26(22)27)10-9-19-14-20(31)13-16(2)28(19,23)6/h16,19-26,31H,7-15H2,1-6H3/t16?,19?,20?,21-,22?,23-,24?,25?,26-,27-,28+/m1/s1. The van der Waals surface area contributed by atoms with Crippen LogP contribution in [0.15, 0.2) is 0 Å². The van der Waals surface area contributed by atoms with Gasteiger partial charge in [-0.2, -0.15) is 0 Å². The molecule has 11 atom stereocenters. The second kappa shape index (κ2) is 9.17. The van der Waals surface area contributed by atoms with Gasteiger partial charge in [-0.15, -0.1) is 0 Å². The van der Waals surface area contributed by atoms with Gasteiger partial charge in [-0.1, -0.05) is 34.1 Å². The van der Waals surface area contributed by atoms with Crippen LogP contribution in [0.1, 0.15) is 99.3 Å².